The van der Waals surface area contributed by atoms with Crippen molar-refractivity contribution in [3.63, 3.8) is 0 Å². The molecule has 0 aliphatic rings. The third-order valence-electron chi connectivity index (χ3n) is 3.11. The molecule has 132 valence electrons. The molecular formula is C16H23IN4OS2. The van der Waals surface area contributed by atoms with Crippen LogP contribution in [0.25, 0.3) is 0 Å². The molecule has 0 spiro atoms. The standard InChI is InChI=1S/C16H22N4OS2.HI/c1-12-6-7-14(23-12)10-18-16(19-11-15(21)20(2)3)17-9-13-5-4-8-22-13;/h4-8H,9-11H2,1-3H3,(H2,17,18,19);1H. The number of carbonyl (C=O) groups excluding carboxylic acids is 1. The number of guanidine groups is 1. The lowest BCUT2D eigenvalue weighted by Gasteiger charge is -2.13. The van der Waals surface area contributed by atoms with Crippen molar-refractivity contribution in [1.82, 2.24) is 15.5 Å². The van der Waals surface area contributed by atoms with Gasteiger partial charge in [-0.15, -0.1) is 46.7 Å². The van der Waals surface area contributed by atoms with Gasteiger partial charge in [-0.1, -0.05) is 6.07 Å². The first kappa shape index (κ1) is 20.9. The van der Waals surface area contributed by atoms with Crippen molar-refractivity contribution in [2.24, 2.45) is 4.99 Å². The molecule has 2 rings (SSSR count). The highest BCUT2D eigenvalue weighted by Gasteiger charge is 2.06. The zero-order chi connectivity index (χ0) is 16.7. The molecule has 0 bridgehead atoms. The molecule has 2 N–H and O–H groups in total. The molecule has 2 heterocycles. The molecule has 5 nitrogen and oxygen atoms in total. The van der Waals surface area contributed by atoms with E-state index in [1.807, 2.05) is 11.4 Å². The summed E-state index contributed by atoms with van der Waals surface area (Å²) in [6.07, 6.45) is 0. The molecule has 24 heavy (non-hydrogen) atoms. The van der Waals surface area contributed by atoms with Gasteiger partial charge >= 0.3 is 0 Å². The highest BCUT2D eigenvalue weighted by molar-refractivity contribution is 14.0. The molecule has 2 aromatic heterocycles. The number of hydrogen-bond donors (Lipinski definition) is 2. The van der Waals surface area contributed by atoms with E-state index in [4.69, 9.17) is 0 Å². The smallest absolute Gasteiger partial charge is 0.243 e. The number of thiophene rings is 2. The van der Waals surface area contributed by atoms with Gasteiger partial charge < -0.3 is 15.5 Å². The number of hydrogen-bond acceptors (Lipinski definition) is 4. The van der Waals surface area contributed by atoms with Gasteiger partial charge in [-0.05, 0) is 30.5 Å². The fraction of sp³-hybridized carbons (Fsp3) is 0.375. The molecular weight excluding hydrogens is 455 g/mol. The molecule has 0 fully saturated rings. The van der Waals surface area contributed by atoms with Gasteiger partial charge in [0.2, 0.25) is 5.91 Å². The Bertz CT molecular complexity index is 653. The van der Waals surface area contributed by atoms with Gasteiger partial charge in [0.15, 0.2) is 5.96 Å². The van der Waals surface area contributed by atoms with E-state index < -0.39 is 0 Å². The number of halogens is 1. The van der Waals surface area contributed by atoms with Crippen LogP contribution >= 0.6 is 46.7 Å². The first-order valence-corrected chi connectivity index (χ1v) is 9.04. The van der Waals surface area contributed by atoms with Crippen molar-refractivity contribution < 1.29 is 4.79 Å². The summed E-state index contributed by atoms with van der Waals surface area (Å²) in [5, 5.41) is 8.61. The van der Waals surface area contributed by atoms with E-state index in [2.05, 4.69) is 40.7 Å². The van der Waals surface area contributed by atoms with Crippen LogP contribution in [-0.2, 0) is 17.9 Å². The fourth-order valence-corrected chi connectivity index (χ4v) is 3.27. The Morgan fingerprint density at radius 1 is 1.17 bits per heavy atom. The van der Waals surface area contributed by atoms with Crippen LogP contribution in [0.4, 0.5) is 0 Å². The van der Waals surface area contributed by atoms with Crippen LogP contribution in [-0.4, -0.2) is 37.4 Å². The molecule has 0 saturated carbocycles. The number of amides is 1. The SMILES string of the molecule is Cc1ccc(CNC(=NCC(=O)N(C)C)NCc2cccs2)s1.I. The van der Waals surface area contributed by atoms with Crippen molar-refractivity contribution in [2.45, 2.75) is 20.0 Å². The van der Waals surface area contributed by atoms with Crippen molar-refractivity contribution >= 4 is 58.5 Å². The molecule has 0 aromatic carbocycles. The largest absolute Gasteiger partial charge is 0.351 e. The lowest BCUT2D eigenvalue weighted by molar-refractivity contribution is -0.127. The third-order valence-corrected chi connectivity index (χ3v) is 4.98. The molecule has 0 aliphatic carbocycles. The highest BCUT2D eigenvalue weighted by atomic mass is 127. The molecule has 0 saturated heterocycles. The predicted octanol–water partition coefficient (Wildman–Crippen LogP) is 3.06. The Morgan fingerprint density at radius 3 is 2.42 bits per heavy atom. The van der Waals surface area contributed by atoms with Gasteiger partial charge in [0.05, 0.1) is 13.1 Å². The fourth-order valence-electron chi connectivity index (χ4n) is 1.80. The van der Waals surface area contributed by atoms with E-state index in [-0.39, 0.29) is 36.4 Å². The van der Waals surface area contributed by atoms with Gasteiger partial charge in [0, 0.05) is 28.7 Å². The minimum Gasteiger partial charge on any atom is -0.351 e. The second-order valence-corrected chi connectivity index (χ2v) is 7.66. The number of carbonyl (C=O) groups is 1. The zero-order valence-corrected chi connectivity index (χ0v) is 18.0. The van der Waals surface area contributed by atoms with Crippen LogP contribution in [0.2, 0.25) is 0 Å². The summed E-state index contributed by atoms with van der Waals surface area (Å²) >= 11 is 3.45. The summed E-state index contributed by atoms with van der Waals surface area (Å²) in [4.78, 5) is 21.4. The van der Waals surface area contributed by atoms with Gasteiger partial charge in [0.1, 0.15) is 6.54 Å². The second kappa shape index (κ2) is 10.7. The molecule has 0 unspecified atom stereocenters. The molecule has 0 atom stereocenters. The summed E-state index contributed by atoms with van der Waals surface area (Å²) in [7, 11) is 3.47. The zero-order valence-electron chi connectivity index (χ0n) is 14.0. The molecule has 2 aromatic rings. The Balaban J connectivity index is 0.00000288. The van der Waals surface area contributed by atoms with Crippen molar-refractivity contribution in [1.29, 1.82) is 0 Å². The van der Waals surface area contributed by atoms with E-state index in [9.17, 15) is 4.79 Å². The lowest BCUT2D eigenvalue weighted by Crippen LogP contribution is -2.37. The van der Waals surface area contributed by atoms with Crippen LogP contribution in [0, 0.1) is 6.92 Å². The number of aliphatic imine (C=N–C) groups is 1. The Morgan fingerprint density at radius 2 is 1.88 bits per heavy atom. The minimum atomic E-state index is -0.0193. The van der Waals surface area contributed by atoms with Crippen LogP contribution < -0.4 is 10.6 Å². The lowest BCUT2D eigenvalue weighted by atomic mass is 10.4. The quantitative estimate of drug-likeness (QED) is 0.381. The topological polar surface area (TPSA) is 56.7 Å². The van der Waals surface area contributed by atoms with E-state index in [1.165, 1.54) is 14.6 Å². The van der Waals surface area contributed by atoms with Crippen LogP contribution in [0.15, 0.2) is 34.6 Å². The van der Waals surface area contributed by atoms with E-state index in [0.29, 0.717) is 19.0 Å². The summed E-state index contributed by atoms with van der Waals surface area (Å²) in [5.74, 6) is 0.633. The van der Waals surface area contributed by atoms with Crippen molar-refractivity contribution in [3.05, 3.63) is 44.3 Å². The first-order chi connectivity index (χ1) is 11.0. The van der Waals surface area contributed by atoms with Crippen LogP contribution in [0.1, 0.15) is 14.6 Å². The van der Waals surface area contributed by atoms with Gasteiger partial charge in [-0.25, -0.2) is 4.99 Å². The molecule has 8 heteroatoms. The van der Waals surface area contributed by atoms with Crippen LogP contribution in [0.3, 0.4) is 0 Å². The minimum absolute atomic E-state index is 0. The summed E-state index contributed by atoms with van der Waals surface area (Å²) in [6.45, 7) is 3.62. The monoisotopic (exact) mass is 478 g/mol. The van der Waals surface area contributed by atoms with Crippen molar-refractivity contribution in [3.8, 4) is 0 Å². The maximum Gasteiger partial charge on any atom is 0.243 e. The number of nitrogens with zero attached hydrogens (tertiary/aromatic N) is 2. The van der Waals surface area contributed by atoms with E-state index in [0.717, 1.165) is 0 Å². The predicted molar refractivity (Wildman–Crippen MR) is 113 cm³/mol. The maximum absolute atomic E-state index is 11.7. The van der Waals surface area contributed by atoms with Gasteiger partial charge in [-0.2, -0.15) is 0 Å². The average Bonchev–Trinajstić information content (AvgIpc) is 3.17. The van der Waals surface area contributed by atoms with Crippen molar-refractivity contribution in [2.75, 3.05) is 20.6 Å². The normalized spacial score (nSPS) is 10.9. The Hall–Kier alpha value is -1.13. The number of aryl methyl sites for hydroxylation is 1. The second-order valence-electron chi connectivity index (χ2n) is 5.25. The molecule has 0 aliphatic heterocycles. The Labute approximate surface area is 168 Å². The average molecular weight is 478 g/mol. The van der Waals surface area contributed by atoms with Crippen LogP contribution in [0.5, 0.6) is 0 Å². The maximum atomic E-state index is 11.7. The van der Waals surface area contributed by atoms with Gasteiger partial charge in [0.25, 0.3) is 0 Å². The highest BCUT2D eigenvalue weighted by Crippen LogP contribution is 2.14. The number of rotatable bonds is 6. The molecule has 0 radical (unpaired) electrons. The third kappa shape index (κ3) is 7.18. The first-order valence-electron chi connectivity index (χ1n) is 7.34. The Kier molecular flexibility index (Phi) is 9.30. The van der Waals surface area contributed by atoms with E-state index in [1.54, 1.807) is 41.7 Å². The number of likely N-dealkylation sites (N-methyl/N-ethyl adjacent to an activating group) is 1. The molecule has 1 amide bonds. The number of nitrogens with one attached hydrogen (secondary N) is 2. The summed E-state index contributed by atoms with van der Waals surface area (Å²) in [6, 6.07) is 8.31. The summed E-state index contributed by atoms with van der Waals surface area (Å²) in [5.41, 5.74) is 0. The van der Waals surface area contributed by atoms with E-state index >= 15 is 0 Å². The summed E-state index contributed by atoms with van der Waals surface area (Å²) < 4.78 is 0. The van der Waals surface area contributed by atoms with Gasteiger partial charge in [-0.3, -0.25) is 4.79 Å².